The van der Waals surface area contributed by atoms with Crippen LogP contribution in [0.3, 0.4) is 0 Å². The molecule has 2 atom stereocenters. The molecule has 1 aliphatic rings. The molecule has 0 aromatic carbocycles. The predicted octanol–water partition coefficient (Wildman–Crippen LogP) is -6.62. The van der Waals surface area contributed by atoms with E-state index in [1.54, 1.807) is 19.6 Å². The summed E-state index contributed by atoms with van der Waals surface area (Å²) in [5.41, 5.74) is 0. The molecule has 0 aromatic heterocycles. The Morgan fingerprint density at radius 3 is 1.36 bits per heavy atom. The molecule has 2 unspecified atom stereocenters. The van der Waals surface area contributed by atoms with Crippen molar-refractivity contribution in [2.24, 2.45) is 0 Å². The van der Waals surface area contributed by atoms with Crippen molar-refractivity contribution in [1.82, 2.24) is 40.9 Å². The molecule has 0 spiro atoms. The first-order chi connectivity index (χ1) is 25.6. The first-order valence-corrected chi connectivity index (χ1v) is 20.0. The van der Waals surface area contributed by atoms with Gasteiger partial charge in [-0.25, -0.2) is 0 Å². The molecule has 0 bridgehead atoms. The molecule has 0 aliphatic carbocycles. The molecule has 1 fully saturated rings. The Morgan fingerprint density at radius 2 is 1.00 bits per heavy atom. The normalized spacial score (nSPS) is 16.3. The first-order valence-electron chi connectivity index (χ1n) is 17.6. The average Bonchev–Trinajstić information content (AvgIpc) is 3.08. The fourth-order valence-electron chi connectivity index (χ4n) is 5.29. The van der Waals surface area contributed by atoms with Gasteiger partial charge in [0, 0.05) is 109 Å². The quantitative estimate of drug-likeness (QED) is 0.0420. The van der Waals surface area contributed by atoms with Crippen molar-refractivity contribution in [2.45, 2.75) is 44.7 Å². The Bertz CT molecular complexity index is 1230. The monoisotopic (exact) mass is 963 g/mol. The fourth-order valence-corrected chi connectivity index (χ4v) is 7.10. The van der Waals surface area contributed by atoms with E-state index < -0.39 is 48.4 Å². The molecule has 0 aromatic rings. The van der Waals surface area contributed by atoms with Gasteiger partial charge in [0.1, 0.15) is 0 Å². The Balaban J connectivity index is 0.0000292. The fraction of sp³-hybridized carbons (Fsp3) is 0.750. The Kier molecular flexibility index (Phi) is 29.6. The van der Waals surface area contributed by atoms with Gasteiger partial charge in [-0.3, -0.25) is 43.6 Å². The molecule has 1 rings (SSSR count). The van der Waals surface area contributed by atoms with Crippen molar-refractivity contribution >= 4 is 69.0 Å². The molecule has 1 heterocycles. The molecule has 1 radical (unpaired) electrons. The number of carbonyl (C=O) groups excluding carboxylic acids is 7. The van der Waals surface area contributed by atoms with Crippen LogP contribution in [-0.4, -0.2) is 194 Å². The summed E-state index contributed by atoms with van der Waals surface area (Å²) in [6.45, 7) is 2.67. The molecule has 1 saturated heterocycles. The van der Waals surface area contributed by atoms with Gasteiger partial charge in [0.25, 0.3) is 0 Å². The number of carboxylic acid groups (broad SMARTS) is 4. The molecule has 1 aliphatic heterocycles. The van der Waals surface area contributed by atoms with Crippen molar-refractivity contribution in [3.63, 3.8) is 0 Å². The van der Waals surface area contributed by atoms with Gasteiger partial charge in [0.05, 0.1) is 36.5 Å². The predicted molar refractivity (Wildman–Crippen MR) is 193 cm³/mol. The van der Waals surface area contributed by atoms with E-state index in [1.165, 1.54) is 35.6 Å². The zero-order valence-electron chi connectivity index (χ0n) is 31.2. The van der Waals surface area contributed by atoms with Crippen LogP contribution < -0.4 is 36.6 Å². The van der Waals surface area contributed by atoms with Crippen LogP contribution in [0.5, 0.6) is 0 Å². The van der Waals surface area contributed by atoms with Crippen LogP contribution in [0.2, 0.25) is 0 Å². The third-order valence-electron chi connectivity index (χ3n) is 8.23. The number of amides is 3. The van der Waals surface area contributed by atoms with Gasteiger partial charge >= 0.3 is 45.9 Å². The van der Waals surface area contributed by atoms with Crippen LogP contribution >= 0.6 is 21.6 Å². The van der Waals surface area contributed by atoms with Crippen LogP contribution in [0.25, 0.3) is 0 Å². The van der Waals surface area contributed by atoms with Gasteiger partial charge in [0.15, 0.2) is 5.78 Å². The van der Waals surface area contributed by atoms with E-state index in [1.807, 2.05) is 0 Å². The van der Waals surface area contributed by atoms with Crippen molar-refractivity contribution < 1.29 is 98.7 Å². The van der Waals surface area contributed by atoms with Crippen molar-refractivity contribution in [1.29, 1.82) is 0 Å². The van der Waals surface area contributed by atoms with E-state index in [-0.39, 0.29) is 155 Å². The van der Waals surface area contributed by atoms with E-state index >= 15 is 0 Å². The summed E-state index contributed by atoms with van der Waals surface area (Å²) in [5.74, 6) is -5.25. The third kappa shape index (κ3) is 27.1. The van der Waals surface area contributed by atoms with Crippen LogP contribution in [0.1, 0.15) is 32.6 Å². The van der Waals surface area contributed by atoms with Gasteiger partial charge in [-0.15, -0.1) is 0 Å². The summed E-state index contributed by atoms with van der Waals surface area (Å²) >= 11 is 0. The number of carboxylic acids is 4. The molecule has 5 N–H and O–H groups in total. The summed E-state index contributed by atoms with van der Waals surface area (Å²) in [4.78, 5) is 101. The summed E-state index contributed by atoms with van der Waals surface area (Å²) < 4.78 is 0. The number of aliphatic carboxylic acids is 4. The summed E-state index contributed by atoms with van der Waals surface area (Å²) in [5, 5.41) is 53.7. The number of hydrogen-bond donors (Lipinski definition) is 5. The van der Waals surface area contributed by atoms with Crippen molar-refractivity contribution in [2.75, 3.05) is 110 Å². The number of carbonyl (C=O) groups is 8. The van der Waals surface area contributed by atoms with E-state index in [4.69, 9.17) is 5.11 Å². The number of nitrogens with one attached hydrogen (secondary N) is 4. The third-order valence-corrected chi connectivity index (χ3v) is 10.6. The average molecular weight is 963 g/mol. The maximum Gasteiger partial charge on any atom is 3.00 e. The minimum absolute atomic E-state index is 0. The first kappa shape index (κ1) is 52.8. The van der Waals surface area contributed by atoms with Crippen molar-refractivity contribution in [3.8, 4) is 0 Å². The second-order valence-corrected chi connectivity index (χ2v) is 15.3. The second-order valence-electron chi connectivity index (χ2n) is 12.5. The topological polar surface area (TPSA) is 287 Å². The Labute approximate surface area is 361 Å². The minimum atomic E-state index is -1.31. The molecule has 0 saturated carbocycles. The SMILES string of the molecule is CNC(CCC(=O)O)C(=O)NC(CCC(=O)NCCSSCCNC(=O)CN1CCN(CC(=O)[O-])CCN(CC(=O)[O-])CCN(CC(=O)[O-])CC1)C(C)=O.[Gd+3]. The van der Waals surface area contributed by atoms with Gasteiger partial charge in [-0.1, -0.05) is 21.6 Å². The van der Waals surface area contributed by atoms with Gasteiger partial charge in [0.2, 0.25) is 17.7 Å². The van der Waals surface area contributed by atoms with E-state index in [9.17, 15) is 53.7 Å². The van der Waals surface area contributed by atoms with E-state index in [0.29, 0.717) is 24.6 Å². The number of hydrogen-bond acceptors (Lipinski definition) is 18. The van der Waals surface area contributed by atoms with Gasteiger partial charge in [-0.2, -0.15) is 0 Å². The number of rotatable bonds is 25. The number of Topliss-reactive ketones (excluding diaryl/α,β-unsaturated/α-hetero) is 1. The maximum absolute atomic E-state index is 12.8. The molecule has 23 heteroatoms. The molecule has 313 valence electrons. The van der Waals surface area contributed by atoms with E-state index in [2.05, 4.69) is 21.3 Å². The summed E-state index contributed by atoms with van der Waals surface area (Å²) in [6.07, 6.45) is -0.0883. The largest absolute Gasteiger partial charge is 3.00 e. The summed E-state index contributed by atoms with van der Waals surface area (Å²) in [6, 6.07) is -1.68. The van der Waals surface area contributed by atoms with Crippen LogP contribution in [-0.2, 0) is 38.4 Å². The molecular weight excluding hydrogens is 910 g/mol. The number of likely N-dealkylation sites (N-methyl/N-ethyl adjacent to an activating group) is 1. The zero-order valence-corrected chi connectivity index (χ0v) is 35.1. The molecular formula is C32H53GdN8O12S2. The molecule has 55 heavy (non-hydrogen) atoms. The smallest absolute Gasteiger partial charge is 0.549 e. The Hall–Kier alpha value is -2.22. The zero-order chi connectivity index (χ0) is 40.5. The standard InChI is InChI=1S/C32H56N8O12S2.Gd/c1-23(41)24(36-32(52)25(33-2)4-6-28(44)45)3-5-26(42)34-7-17-53-54-18-8-35-27(43)19-37-9-11-38(20-29(46)47)13-15-40(22-31(50)51)16-14-39(12-10-37)21-30(48)49;/h24-25,33H,3-22H2,1-2H3,(H,34,42)(H,35,43)(H,36,52)(H,44,45)(H,46,47)(H,48,49)(H,50,51);/q;+3/p-3. The van der Waals surface area contributed by atoms with Gasteiger partial charge in [-0.05, 0) is 26.8 Å². The second kappa shape index (κ2) is 30.9. The Morgan fingerprint density at radius 1 is 0.618 bits per heavy atom. The number of nitrogens with zero attached hydrogens (tertiary/aromatic N) is 4. The summed E-state index contributed by atoms with van der Waals surface area (Å²) in [7, 11) is 4.48. The van der Waals surface area contributed by atoms with Crippen LogP contribution in [0.15, 0.2) is 0 Å². The van der Waals surface area contributed by atoms with Crippen LogP contribution in [0, 0.1) is 39.9 Å². The number of ketones is 1. The van der Waals surface area contributed by atoms with Crippen LogP contribution in [0.4, 0.5) is 0 Å². The minimum Gasteiger partial charge on any atom is -0.549 e. The maximum atomic E-state index is 12.8. The van der Waals surface area contributed by atoms with Gasteiger partial charge < -0.3 is 56.1 Å². The molecule has 20 nitrogen and oxygen atoms in total. The van der Waals surface area contributed by atoms with E-state index in [0.717, 1.165) is 0 Å². The van der Waals surface area contributed by atoms with Crippen molar-refractivity contribution in [3.05, 3.63) is 0 Å². The molecule has 3 amide bonds.